The minimum absolute atomic E-state index is 0.00308. The maximum atomic E-state index is 13.2. The Morgan fingerprint density at radius 3 is 2.31 bits per heavy atom. The topological polar surface area (TPSA) is 90.2 Å². The molecule has 162 valence electrons. The van der Waals surface area contributed by atoms with E-state index >= 15 is 0 Å². The maximum Gasteiger partial charge on any atom is 0.382 e. The second-order valence-electron chi connectivity index (χ2n) is 7.40. The maximum absolute atomic E-state index is 13.2. The Morgan fingerprint density at radius 2 is 1.69 bits per heavy atom. The van der Waals surface area contributed by atoms with Crippen molar-refractivity contribution in [3.8, 4) is 11.5 Å². The first-order valence-electron chi connectivity index (χ1n) is 10.0. The Labute approximate surface area is 185 Å². The summed E-state index contributed by atoms with van der Waals surface area (Å²) in [5.74, 6) is -0.346. The zero-order chi connectivity index (χ0) is 22.8. The van der Waals surface area contributed by atoms with Gasteiger partial charge in [0, 0.05) is 17.2 Å². The molecular weight excluding hydrogens is 408 g/mol. The molecule has 0 aliphatic carbocycles. The number of aromatic amines is 1. The van der Waals surface area contributed by atoms with Crippen LogP contribution < -0.4 is 19.4 Å². The summed E-state index contributed by atoms with van der Waals surface area (Å²) in [5, 5.41) is 11.1. The number of aromatic nitrogens is 1. The first-order valence-corrected chi connectivity index (χ1v) is 10.0. The summed E-state index contributed by atoms with van der Waals surface area (Å²) in [5.41, 5.74) is 2.06. The lowest BCUT2D eigenvalue weighted by Gasteiger charge is -2.19. The van der Waals surface area contributed by atoms with Crippen LogP contribution >= 0.6 is 0 Å². The van der Waals surface area contributed by atoms with Gasteiger partial charge in [-0.25, -0.2) is 9.78 Å². The van der Waals surface area contributed by atoms with E-state index in [1.807, 2.05) is 19.1 Å². The molecule has 2 heterocycles. The number of pyridine rings is 1. The highest BCUT2D eigenvalue weighted by molar-refractivity contribution is 6.51. The lowest BCUT2D eigenvalue weighted by atomic mass is 9.94. The Kier molecular flexibility index (Phi) is 5.64. The Bertz CT molecular complexity index is 1200. The number of ketones is 1. The fourth-order valence-electron chi connectivity index (χ4n) is 3.82. The molecular formula is C25H23N2O5+. The smallest absolute Gasteiger partial charge is 0.382 e. The van der Waals surface area contributed by atoms with Crippen molar-refractivity contribution in [2.24, 2.45) is 0 Å². The first kappa shape index (κ1) is 21.1. The number of rotatable bonds is 5. The van der Waals surface area contributed by atoms with Gasteiger partial charge < -0.3 is 14.6 Å². The number of benzene rings is 2. The number of aliphatic hydroxyl groups is 1. The number of carbonyl (C=O) groups is 2. The molecule has 1 amide bonds. The average molecular weight is 431 g/mol. The van der Waals surface area contributed by atoms with Gasteiger partial charge >= 0.3 is 5.91 Å². The van der Waals surface area contributed by atoms with Gasteiger partial charge in [-0.15, -0.1) is 0 Å². The van der Waals surface area contributed by atoms with Gasteiger partial charge in [0.1, 0.15) is 5.76 Å². The van der Waals surface area contributed by atoms with Crippen LogP contribution in [0.3, 0.4) is 0 Å². The molecule has 1 atom stereocenters. The molecule has 7 nitrogen and oxygen atoms in total. The number of amides is 1. The predicted octanol–water partition coefficient (Wildman–Crippen LogP) is 3.45. The molecule has 2 aromatic carbocycles. The summed E-state index contributed by atoms with van der Waals surface area (Å²) in [6, 6.07) is 16.6. The summed E-state index contributed by atoms with van der Waals surface area (Å²) < 4.78 is 10.7. The molecule has 1 unspecified atom stereocenters. The molecule has 0 saturated carbocycles. The molecule has 32 heavy (non-hydrogen) atoms. The first-order chi connectivity index (χ1) is 15.5. The van der Waals surface area contributed by atoms with Crippen LogP contribution in [0.25, 0.3) is 5.76 Å². The number of carbonyl (C=O) groups excluding carboxylic acids is 2. The number of ether oxygens (including phenoxy) is 2. The van der Waals surface area contributed by atoms with Gasteiger partial charge in [-0.3, -0.25) is 4.79 Å². The van der Waals surface area contributed by atoms with Crippen molar-refractivity contribution in [2.75, 3.05) is 19.1 Å². The predicted molar refractivity (Wildman–Crippen MR) is 119 cm³/mol. The fraction of sp³-hybridized carbons (Fsp3) is 0.160. The molecule has 0 spiro atoms. The van der Waals surface area contributed by atoms with E-state index in [0.717, 1.165) is 5.56 Å². The second-order valence-corrected chi connectivity index (χ2v) is 7.40. The lowest BCUT2D eigenvalue weighted by molar-refractivity contribution is -0.363. The van der Waals surface area contributed by atoms with Crippen LogP contribution in [0.1, 0.15) is 22.7 Å². The lowest BCUT2D eigenvalue weighted by Crippen LogP contribution is -2.33. The van der Waals surface area contributed by atoms with E-state index in [0.29, 0.717) is 28.4 Å². The molecule has 7 heteroatoms. The van der Waals surface area contributed by atoms with Crippen molar-refractivity contribution >= 4 is 23.3 Å². The van der Waals surface area contributed by atoms with E-state index in [2.05, 4.69) is 4.98 Å². The molecule has 3 aromatic rings. The van der Waals surface area contributed by atoms with Crippen LogP contribution in [0.2, 0.25) is 0 Å². The van der Waals surface area contributed by atoms with Gasteiger partial charge in [0.05, 0.1) is 26.0 Å². The number of hydrogen-bond donors (Lipinski definition) is 1. The summed E-state index contributed by atoms with van der Waals surface area (Å²) >= 11 is 0. The molecule has 1 aliphatic heterocycles. The normalized spacial score (nSPS) is 17.5. The summed E-state index contributed by atoms with van der Waals surface area (Å²) in [6.45, 7) is 1.93. The largest absolute Gasteiger partial charge is 0.507 e. The number of hydrogen-bond acceptors (Lipinski definition) is 5. The Balaban J connectivity index is 1.96. The van der Waals surface area contributed by atoms with Crippen molar-refractivity contribution < 1.29 is 29.2 Å². The highest BCUT2D eigenvalue weighted by Gasteiger charge is 2.53. The highest BCUT2D eigenvalue weighted by atomic mass is 16.5. The SMILES string of the molecule is COc1ccc(C2C(=C(O)c3ccc(C)cc3)C(=O)C(=O)N2c2cccc[nH+]2)cc1OC. The number of aryl methyl sites for hydroxylation is 1. The van der Waals surface area contributed by atoms with Crippen molar-refractivity contribution in [3.05, 3.63) is 89.1 Å². The van der Waals surface area contributed by atoms with Crippen LogP contribution in [0.4, 0.5) is 5.82 Å². The van der Waals surface area contributed by atoms with Crippen LogP contribution in [-0.4, -0.2) is 31.0 Å². The molecule has 2 N–H and O–H groups in total. The molecule has 1 aliphatic rings. The summed E-state index contributed by atoms with van der Waals surface area (Å²) in [6.07, 6.45) is 1.67. The fourth-order valence-corrected chi connectivity index (χ4v) is 3.82. The minimum Gasteiger partial charge on any atom is -0.507 e. The second kappa shape index (κ2) is 8.55. The highest BCUT2D eigenvalue weighted by Crippen LogP contribution is 2.43. The number of nitrogens with one attached hydrogen (secondary N) is 1. The number of nitrogens with zero attached hydrogens (tertiary/aromatic N) is 1. The van der Waals surface area contributed by atoms with Crippen LogP contribution in [0.15, 0.2) is 72.4 Å². The number of Topliss-reactive ketones (excluding diaryl/α,β-unsaturated/α-hetero) is 1. The van der Waals surface area contributed by atoms with Gasteiger partial charge in [0.15, 0.2) is 17.5 Å². The average Bonchev–Trinajstić information content (AvgIpc) is 3.09. The Hall–Kier alpha value is -4.13. The van der Waals surface area contributed by atoms with Gasteiger partial charge in [0.25, 0.3) is 11.6 Å². The molecule has 1 aromatic heterocycles. The van der Waals surface area contributed by atoms with Gasteiger partial charge in [0.2, 0.25) is 0 Å². The summed E-state index contributed by atoms with van der Waals surface area (Å²) in [4.78, 5) is 30.6. The van der Waals surface area contributed by atoms with Gasteiger partial charge in [-0.1, -0.05) is 42.0 Å². The molecule has 1 fully saturated rings. The van der Waals surface area contributed by atoms with Gasteiger partial charge in [-0.2, -0.15) is 4.90 Å². The molecule has 0 bridgehead atoms. The Morgan fingerprint density at radius 1 is 0.969 bits per heavy atom. The van der Waals surface area contributed by atoms with Crippen LogP contribution in [0.5, 0.6) is 11.5 Å². The third-order valence-electron chi connectivity index (χ3n) is 5.44. The van der Waals surface area contributed by atoms with Crippen molar-refractivity contribution in [1.82, 2.24) is 0 Å². The number of aliphatic hydroxyl groups excluding tert-OH is 1. The van der Waals surface area contributed by atoms with Crippen LogP contribution in [0, 0.1) is 6.92 Å². The number of methoxy groups -OCH3 is 2. The number of anilines is 1. The quantitative estimate of drug-likeness (QED) is 0.380. The van der Waals surface area contributed by atoms with Crippen molar-refractivity contribution in [3.63, 3.8) is 0 Å². The van der Waals surface area contributed by atoms with E-state index in [4.69, 9.17) is 9.47 Å². The standard InChI is InChI=1S/C25H22N2O5/c1-15-7-9-16(10-8-15)23(28)21-22(17-11-12-18(31-2)19(14-17)32-3)27(25(30)24(21)29)20-6-4-5-13-26-20/h4-14,22,28H,1-3H3/p+1. The third kappa shape index (κ3) is 3.58. The van der Waals surface area contributed by atoms with Crippen LogP contribution in [-0.2, 0) is 9.59 Å². The van der Waals surface area contributed by atoms with E-state index < -0.39 is 17.7 Å². The minimum atomic E-state index is -0.866. The van der Waals surface area contributed by atoms with E-state index in [1.54, 1.807) is 54.7 Å². The van der Waals surface area contributed by atoms with E-state index in [9.17, 15) is 14.7 Å². The number of H-pyrrole nitrogens is 1. The van der Waals surface area contributed by atoms with E-state index in [-0.39, 0.29) is 11.3 Å². The van der Waals surface area contributed by atoms with Crippen molar-refractivity contribution in [2.45, 2.75) is 13.0 Å². The third-order valence-corrected chi connectivity index (χ3v) is 5.44. The van der Waals surface area contributed by atoms with E-state index in [1.165, 1.54) is 19.1 Å². The van der Waals surface area contributed by atoms with Gasteiger partial charge in [-0.05, 0) is 25.1 Å². The molecule has 0 radical (unpaired) electrons. The molecule has 1 saturated heterocycles. The monoisotopic (exact) mass is 431 g/mol. The summed E-state index contributed by atoms with van der Waals surface area (Å²) in [7, 11) is 3.04. The zero-order valence-electron chi connectivity index (χ0n) is 18.0. The zero-order valence-corrected chi connectivity index (χ0v) is 18.0. The van der Waals surface area contributed by atoms with Crippen molar-refractivity contribution in [1.29, 1.82) is 0 Å². The molecule has 4 rings (SSSR count).